The van der Waals surface area contributed by atoms with E-state index < -0.39 is 0 Å². The molecular formula is C12H17NOS. The van der Waals surface area contributed by atoms with Gasteiger partial charge in [-0.05, 0) is 17.7 Å². The lowest BCUT2D eigenvalue weighted by molar-refractivity contribution is 0.130. The van der Waals surface area contributed by atoms with Crippen LogP contribution in [0.15, 0.2) is 30.3 Å². The van der Waals surface area contributed by atoms with Gasteiger partial charge in [0.15, 0.2) is 0 Å². The van der Waals surface area contributed by atoms with Crippen molar-refractivity contribution in [1.29, 1.82) is 0 Å². The third-order valence-electron chi connectivity index (χ3n) is 2.47. The van der Waals surface area contributed by atoms with E-state index in [1.54, 1.807) is 0 Å². The molecular weight excluding hydrogens is 206 g/mol. The highest BCUT2D eigenvalue weighted by molar-refractivity contribution is 7.99. The van der Waals surface area contributed by atoms with E-state index in [4.69, 9.17) is 4.74 Å². The van der Waals surface area contributed by atoms with Crippen LogP contribution in [-0.2, 0) is 11.2 Å². The zero-order valence-corrected chi connectivity index (χ0v) is 9.63. The molecule has 1 aliphatic rings. The summed E-state index contributed by atoms with van der Waals surface area (Å²) >= 11 is 1.98. The molecule has 1 atom stereocenters. The molecule has 1 aromatic rings. The molecule has 0 amide bonds. The van der Waals surface area contributed by atoms with Gasteiger partial charge in [-0.15, -0.1) is 0 Å². The van der Waals surface area contributed by atoms with Crippen molar-refractivity contribution in [3.8, 4) is 0 Å². The summed E-state index contributed by atoms with van der Waals surface area (Å²) in [6, 6.07) is 10.6. The summed E-state index contributed by atoms with van der Waals surface area (Å²) in [5.74, 6) is 2.30. The van der Waals surface area contributed by atoms with Gasteiger partial charge in [-0.3, -0.25) is 5.32 Å². The van der Waals surface area contributed by atoms with Gasteiger partial charge in [-0.1, -0.05) is 30.3 Å². The molecule has 82 valence electrons. The van der Waals surface area contributed by atoms with Crippen LogP contribution in [-0.4, -0.2) is 30.9 Å². The second-order valence-corrected chi connectivity index (χ2v) is 4.85. The van der Waals surface area contributed by atoms with Gasteiger partial charge < -0.3 is 4.74 Å². The lowest BCUT2D eigenvalue weighted by Crippen LogP contribution is -2.16. The molecule has 1 saturated heterocycles. The minimum absolute atomic E-state index is 0.422. The summed E-state index contributed by atoms with van der Waals surface area (Å²) in [5, 5.41) is 3.20. The molecule has 0 bridgehead atoms. The maximum Gasteiger partial charge on any atom is 0.0971 e. The van der Waals surface area contributed by atoms with Crippen molar-refractivity contribution < 1.29 is 4.74 Å². The van der Waals surface area contributed by atoms with Gasteiger partial charge in [-0.2, -0.15) is 11.8 Å². The van der Waals surface area contributed by atoms with Crippen LogP contribution in [0.3, 0.4) is 0 Å². The van der Waals surface area contributed by atoms with Crippen LogP contribution in [0.4, 0.5) is 0 Å². The summed E-state index contributed by atoms with van der Waals surface area (Å²) < 4.78 is 5.47. The standard InChI is InChI=1S/C12H17NOS/c1-2-4-11(5-3-1)6-7-15-9-12-8-13-10-14-12/h1-5,12-13H,6-10H2. The monoisotopic (exact) mass is 223 g/mol. The molecule has 0 aromatic heterocycles. The maximum atomic E-state index is 5.47. The third-order valence-corrected chi connectivity index (χ3v) is 3.58. The molecule has 1 aliphatic heterocycles. The Bertz CT molecular complexity index is 272. The number of hydrogen-bond donors (Lipinski definition) is 1. The Balaban J connectivity index is 1.59. The number of ether oxygens (including phenoxy) is 1. The first-order valence-electron chi connectivity index (χ1n) is 5.39. The van der Waals surface area contributed by atoms with Crippen molar-refractivity contribution in [3.05, 3.63) is 35.9 Å². The fourth-order valence-electron chi connectivity index (χ4n) is 1.61. The molecule has 1 aromatic carbocycles. The summed E-state index contributed by atoms with van der Waals surface area (Å²) in [5.41, 5.74) is 1.43. The molecule has 0 aliphatic carbocycles. The number of thioether (sulfide) groups is 1. The molecule has 0 spiro atoms. The van der Waals surface area contributed by atoms with Crippen molar-refractivity contribution in [2.75, 3.05) is 24.8 Å². The SMILES string of the molecule is c1ccc(CCSCC2CNCO2)cc1. The Morgan fingerprint density at radius 1 is 1.33 bits per heavy atom. The Morgan fingerprint density at radius 3 is 2.93 bits per heavy atom. The largest absolute Gasteiger partial charge is 0.361 e. The first-order chi connectivity index (χ1) is 7.45. The van der Waals surface area contributed by atoms with Crippen LogP contribution >= 0.6 is 11.8 Å². The molecule has 2 nitrogen and oxygen atoms in total. The highest BCUT2D eigenvalue weighted by Crippen LogP contribution is 2.11. The van der Waals surface area contributed by atoms with E-state index in [0.29, 0.717) is 6.10 Å². The average Bonchev–Trinajstić information content (AvgIpc) is 2.79. The fraction of sp³-hybridized carbons (Fsp3) is 0.500. The Hall–Kier alpha value is -0.510. The van der Waals surface area contributed by atoms with Crippen LogP contribution < -0.4 is 5.32 Å². The van der Waals surface area contributed by atoms with E-state index in [2.05, 4.69) is 35.6 Å². The lowest BCUT2D eigenvalue weighted by Gasteiger charge is -2.07. The van der Waals surface area contributed by atoms with Crippen LogP contribution in [0.5, 0.6) is 0 Å². The highest BCUT2D eigenvalue weighted by atomic mass is 32.2. The number of hydrogen-bond acceptors (Lipinski definition) is 3. The minimum atomic E-state index is 0.422. The Morgan fingerprint density at radius 2 is 2.20 bits per heavy atom. The van der Waals surface area contributed by atoms with E-state index in [0.717, 1.165) is 25.4 Å². The van der Waals surface area contributed by atoms with Crippen molar-refractivity contribution in [2.45, 2.75) is 12.5 Å². The van der Waals surface area contributed by atoms with Gasteiger partial charge in [-0.25, -0.2) is 0 Å². The van der Waals surface area contributed by atoms with E-state index in [1.165, 1.54) is 11.3 Å². The van der Waals surface area contributed by atoms with Gasteiger partial charge in [0.25, 0.3) is 0 Å². The zero-order chi connectivity index (χ0) is 10.3. The van der Waals surface area contributed by atoms with Gasteiger partial charge in [0.2, 0.25) is 0 Å². The fourth-order valence-corrected chi connectivity index (χ4v) is 2.64. The molecule has 1 fully saturated rings. The number of aryl methyl sites for hydroxylation is 1. The van der Waals surface area contributed by atoms with Gasteiger partial charge >= 0.3 is 0 Å². The van der Waals surface area contributed by atoms with Crippen molar-refractivity contribution >= 4 is 11.8 Å². The summed E-state index contributed by atoms with van der Waals surface area (Å²) in [6.07, 6.45) is 1.58. The minimum Gasteiger partial charge on any atom is -0.361 e. The molecule has 0 saturated carbocycles. The lowest BCUT2D eigenvalue weighted by atomic mass is 10.2. The first kappa shape index (κ1) is 11.0. The van der Waals surface area contributed by atoms with E-state index in [1.807, 2.05) is 11.8 Å². The van der Waals surface area contributed by atoms with E-state index >= 15 is 0 Å². The van der Waals surface area contributed by atoms with Gasteiger partial charge in [0.1, 0.15) is 0 Å². The smallest absolute Gasteiger partial charge is 0.0971 e. The summed E-state index contributed by atoms with van der Waals surface area (Å²) in [6.45, 7) is 1.74. The molecule has 1 heterocycles. The third kappa shape index (κ3) is 3.86. The molecule has 1 unspecified atom stereocenters. The van der Waals surface area contributed by atoms with Crippen molar-refractivity contribution in [2.24, 2.45) is 0 Å². The van der Waals surface area contributed by atoms with E-state index in [9.17, 15) is 0 Å². The predicted molar refractivity (Wildman–Crippen MR) is 65.2 cm³/mol. The number of benzene rings is 1. The van der Waals surface area contributed by atoms with Gasteiger partial charge in [0, 0.05) is 12.3 Å². The number of rotatable bonds is 5. The second kappa shape index (κ2) is 6.16. The Labute approximate surface area is 95.4 Å². The quantitative estimate of drug-likeness (QED) is 0.770. The van der Waals surface area contributed by atoms with E-state index in [-0.39, 0.29) is 0 Å². The predicted octanol–water partition coefficient (Wildman–Crippen LogP) is 1.91. The second-order valence-electron chi connectivity index (χ2n) is 3.70. The average molecular weight is 223 g/mol. The Kier molecular flexibility index (Phi) is 4.51. The summed E-state index contributed by atoms with van der Waals surface area (Å²) in [4.78, 5) is 0. The topological polar surface area (TPSA) is 21.3 Å². The van der Waals surface area contributed by atoms with Crippen molar-refractivity contribution in [1.82, 2.24) is 5.32 Å². The zero-order valence-electron chi connectivity index (χ0n) is 8.82. The van der Waals surface area contributed by atoms with Crippen LogP contribution in [0.1, 0.15) is 5.56 Å². The highest BCUT2D eigenvalue weighted by Gasteiger charge is 2.13. The number of nitrogens with one attached hydrogen (secondary N) is 1. The molecule has 2 rings (SSSR count). The van der Waals surface area contributed by atoms with Crippen LogP contribution in [0, 0.1) is 0 Å². The van der Waals surface area contributed by atoms with Crippen LogP contribution in [0.25, 0.3) is 0 Å². The molecule has 0 radical (unpaired) electrons. The normalized spacial score (nSPS) is 20.7. The van der Waals surface area contributed by atoms with Crippen LogP contribution in [0.2, 0.25) is 0 Å². The van der Waals surface area contributed by atoms with Gasteiger partial charge in [0.05, 0.1) is 12.8 Å². The summed E-state index contributed by atoms with van der Waals surface area (Å²) in [7, 11) is 0. The molecule has 3 heteroatoms. The first-order valence-corrected chi connectivity index (χ1v) is 6.54. The molecule has 15 heavy (non-hydrogen) atoms. The molecule has 1 N–H and O–H groups in total. The van der Waals surface area contributed by atoms with Crippen molar-refractivity contribution in [3.63, 3.8) is 0 Å². The maximum absolute atomic E-state index is 5.47.